The molecule has 50 heavy (non-hydrogen) atoms. The van der Waals surface area contributed by atoms with Gasteiger partial charge in [0.2, 0.25) is 0 Å². The Labute approximate surface area is 299 Å². The van der Waals surface area contributed by atoms with Crippen LogP contribution in [0.1, 0.15) is 72.2 Å². The van der Waals surface area contributed by atoms with Crippen molar-refractivity contribution in [3.05, 3.63) is 81.5 Å². The summed E-state index contributed by atoms with van der Waals surface area (Å²) >= 11 is 7.45. The SMILES string of the molecule is COc1ccc(-c2ccnc(C(=O)N(C)C)c2)cc1CN(C(=O)c1sc2c(F)ccc(F)c2c1Cl)C1CCC(CN(C(=O)O)C(C)(C)C)CC1. The van der Waals surface area contributed by atoms with E-state index in [0.717, 1.165) is 34.6 Å². The summed E-state index contributed by atoms with van der Waals surface area (Å²) in [6, 6.07) is 10.8. The van der Waals surface area contributed by atoms with Crippen LogP contribution in [0.15, 0.2) is 48.7 Å². The van der Waals surface area contributed by atoms with Crippen molar-refractivity contribution in [2.45, 2.75) is 64.6 Å². The Morgan fingerprint density at radius 3 is 2.24 bits per heavy atom. The Morgan fingerprint density at radius 1 is 0.980 bits per heavy atom. The second kappa shape index (κ2) is 14.9. The van der Waals surface area contributed by atoms with Gasteiger partial charge in [-0.1, -0.05) is 17.7 Å². The monoisotopic (exact) mass is 726 g/mol. The van der Waals surface area contributed by atoms with Gasteiger partial charge in [-0.25, -0.2) is 13.6 Å². The predicted molar refractivity (Wildman–Crippen MR) is 191 cm³/mol. The summed E-state index contributed by atoms with van der Waals surface area (Å²) < 4.78 is 35.4. The number of pyridine rings is 1. The summed E-state index contributed by atoms with van der Waals surface area (Å²) in [4.78, 5) is 48.0. The quantitative estimate of drug-likeness (QED) is 0.185. The van der Waals surface area contributed by atoms with Crippen LogP contribution in [0.4, 0.5) is 13.6 Å². The molecule has 266 valence electrons. The van der Waals surface area contributed by atoms with Crippen LogP contribution < -0.4 is 4.74 Å². The van der Waals surface area contributed by atoms with Gasteiger partial charge in [-0.15, -0.1) is 11.3 Å². The fraction of sp³-hybridized carbons (Fsp3) is 0.405. The van der Waals surface area contributed by atoms with Crippen LogP contribution in [0.3, 0.4) is 0 Å². The van der Waals surface area contributed by atoms with E-state index in [1.807, 2.05) is 32.9 Å². The largest absolute Gasteiger partial charge is 0.496 e. The van der Waals surface area contributed by atoms with Crippen molar-refractivity contribution >= 4 is 50.9 Å². The van der Waals surface area contributed by atoms with E-state index in [2.05, 4.69) is 4.98 Å². The van der Waals surface area contributed by atoms with Gasteiger partial charge in [0.1, 0.15) is 28.0 Å². The van der Waals surface area contributed by atoms with E-state index in [0.29, 0.717) is 43.5 Å². The molecule has 2 aromatic carbocycles. The molecule has 3 amide bonds. The number of carboxylic acid groups (broad SMARTS) is 1. The number of thiophene rings is 1. The smallest absolute Gasteiger partial charge is 0.407 e. The van der Waals surface area contributed by atoms with Crippen LogP contribution in [-0.2, 0) is 6.54 Å². The fourth-order valence-electron chi connectivity index (χ4n) is 6.49. The van der Waals surface area contributed by atoms with Gasteiger partial charge in [0.25, 0.3) is 11.8 Å². The lowest BCUT2D eigenvalue weighted by molar-refractivity contribution is 0.0535. The Morgan fingerprint density at radius 2 is 1.64 bits per heavy atom. The van der Waals surface area contributed by atoms with Crippen LogP contribution in [0.2, 0.25) is 5.02 Å². The third kappa shape index (κ3) is 7.71. The molecule has 4 aromatic rings. The van der Waals surface area contributed by atoms with Crippen molar-refractivity contribution in [3.63, 3.8) is 0 Å². The molecular weight excluding hydrogens is 686 g/mol. The lowest BCUT2D eigenvalue weighted by Crippen LogP contribution is -2.48. The number of hydrogen-bond acceptors (Lipinski definition) is 6. The van der Waals surface area contributed by atoms with E-state index in [1.54, 1.807) is 43.4 Å². The number of halogens is 3. The summed E-state index contributed by atoms with van der Waals surface area (Å²) in [5.74, 6) is -1.46. The zero-order chi connectivity index (χ0) is 36.5. The maximum absolute atomic E-state index is 14.9. The molecule has 1 aliphatic rings. The molecule has 0 unspecified atom stereocenters. The molecule has 0 atom stereocenters. The highest BCUT2D eigenvalue weighted by atomic mass is 35.5. The molecule has 9 nitrogen and oxygen atoms in total. The highest BCUT2D eigenvalue weighted by Gasteiger charge is 2.35. The zero-order valence-corrected chi connectivity index (χ0v) is 30.5. The van der Waals surface area contributed by atoms with E-state index in [9.17, 15) is 28.3 Å². The third-order valence-electron chi connectivity index (χ3n) is 9.22. The summed E-state index contributed by atoms with van der Waals surface area (Å²) in [7, 11) is 4.84. The second-order valence-electron chi connectivity index (χ2n) is 13.8. The highest BCUT2D eigenvalue weighted by Crippen LogP contribution is 2.41. The molecule has 0 saturated heterocycles. The first-order chi connectivity index (χ1) is 23.6. The predicted octanol–water partition coefficient (Wildman–Crippen LogP) is 8.59. The number of amides is 3. The third-order valence-corrected chi connectivity index (χ3v) is 10.9. The van der Waals surface area contributed by atoms with Gasteiger partial charge in [-0.2, -0.15) is 0 Å². The summed E-state index contributed by atoms with van der Waals surface area (Å²) in [6.45, 7) is 6.06. The Hall–Kier alpha value is -4.29. The summed E-state index contributed by atoms with van der Waals surface area (Å²) in [5, 5.41) is 9.60. The van der Waals surface area contributed by atoms with Gasteiger partial charge in [-0.3, -0.25) is 14.6 Å². The molecular formula is C37H41ClF2N4O5S. The maximum Gasteiger partial charge on any atom is 0.407 e. The standard InChI is InChI=1S/C37H41ClF2N4O5S/c1-37(2,3)44(36(47)48)19-21-7-10-25(11-8-21)43(35(46)33-31(38)30-26(39)12-13-27(40)32(30)50-33)20-24-17-22(9-14-29(24)49-6)23-15-16-41-28(18-23)34(45)42(4)5/h9,12-18,21,25H,7-8,10-11,19-20H2,1-6H3,(H,47,48). The molecule has 0 aliphatic heterocycles. The van der Waals surface area contributed by atoms with Gasteiger partial charge in [0, 0.05) is 50.5 Å². The van der Waals surface area contributed by atoms with Gasteiger partial charge in [-0.05, 0) is 99.9 Å². The number of carbonyl (C=O) groups is 3. The van der Waals surface area contributed by atoms with E-state index in [1.165, 1.54) is 16.9 Å². The molecule has 1 saturated carbocycles. The van der Waals surface area contributed by atoms with Gasteiger partial charge < -0.3 is 24.5 Å². The number of ether oxygens (including phenoxy) is 1. The molecule has 0 bridgehead atoms. The lowest BCUT2D eigenvalue weighted by Gasteiger charge is -2.40. The van der Waals surface area contributed by atoms with Crippen LogP contribution in [0, 0.1) is 17.6 Å². The molecule has 2 aromatic heterocycles. The average Bonchev–Trinajstić information content (AvgIpc) is 3.44. The van der Waals surface area contributed by atoms with Crippen LogP contribution in [0.5, 0.6) is 5.75 Å². The average molecular weight is 727 g/mol. The van der Waals surface area contributed by atoms with Crippen molar-refractivity contribution in [3.8, 4) is 16.9 Å². The van der Waals surface area contributed by atoms with Crippen LogP contribution >= 0.6 is 22.9 Å². The molecule has 13 heteroatoms. The van der Waals surface area contributed by atoms with Crippen molar-refractivity contribution in [1.29, 1.82) is 0 Å². The molecule has 2 heterocycles. The van der Waals surface area contributed by atoms with E-state index in [-0.39, 0.29) is 50.1 Å². The van der Waals surface area contributed by atoms with Crippen molar-refractivity contribution in [1.82, 2.24) is 19.7 Å². The molecule has 1 N–H and O–H groups in total. The number of benzene rings is 2. The molecule has 1 aliphatic carbocycles. The van der Waals surface area contributed by atoms with Gasteiger partial charge >= 0.3 is 6.09 Å². The van der Waals surface area contributed by atoms with E-state index in [4.69, 9.17) is 16.3 Å². The maximum atomic E-state index is 14.9. The first kappa shape index (κ1) is 37.0. The minimum absolute atomic E-state index is 0.0294. The highest BCUT2D eigenvalue weighted by molar-refractivity contribution is 7.21. The Bertz CT molecular complexity index is 1920. The molecule has 1 fully saturated rings. The first-order valence-corrected chi connectivity index (χ1v) is 17.5. The number of rotatable bonds is 9. The number of carbonyl (C=O) groups excluding carboxylic acids is 2. The molecule has 0 radical (unpaired) electrons. The minimum Gasteiger partial charge on any atom is -0.496 e. The minimum atomic E-state index is -0.977. The summed E-state index contributed by atoms with van der Waals surface area (Å²) in [6.07, 6.45) is 3.11. The number of fused-ring (bicyclic) bond motifs is 1. The van der Waals surface area contributed by atoms with Crippen molar-refractivity contribution < 1.29 is 33.0 Å². The topological polar surface area (TPSA) is 103 Å². The number of hydrogen-bond donors (Lipinski definition) is 1. The lowest BCUT2D eigenvalue weighted by atomic mass is 9.84. The number of nitrogens with zero attached hydrogens (tertiary/aromatic N) is 4. The number of methoxy groups -OCH3 is 1. The normalized spacial score (nSPS) is 16.3. The van der Waals surface area contributed by atoms with Gasteiger partial charge in [0.15, 0.2) is 0 Å². The zero-order valence-electron chi connectivity index (χ0n) is 28.9. The summed E-state index contributed by atoms with van der Waals surface area (Å²) in [5.41, 5.74) is 1.91. The van der Waals surface area contributed by atoms with E-state index >= 15 is 0 Å². The van der Waals surface area contributed by atoms with Crippen LogP contribution in [-0.4, -0.2) is 82.0 Å². The second-order valence-corrected chi connectivity index (χ2v) is 15.2. The van der Waals surface area contributed by atoms with Crippen molar-refractivity contribution in [2.75, 3.05) is 27.7 Å². The van der Waals surface area contributed by atoms with Crippen molar-refractivity contribution in [2.24, 2.45) is 5.92 Å². The fourth-order valence-corrected chi connectivity index (χ4v) is 8.00. The molecule has 0 spiro atoms. The Kier molecular flexibility index (Phi) is 11.0. The van der Waals surface area contributed by atoms with E-state index < -0.39 is 29.2 Å². The Balaban J connectivity index is 1.51. The molecule has 5 rings (SSSR count). The number of aromatic nitrogens is 1. The first-order valence-electron chi connectivity index (χ1n) is 16.3. The van der Waals surface area contributed by atoms with Crippen LogP contribution in [0.25, 0.3) is 21.2 Å². The van der Waals surface area contributed by atoms with Gasteiger partial charge in [0.05, 0.1) is 22.2 Å².